The summed E-state index contributed by atoms with van der Waals surface area (Å²) < 4.78 is 18.8. The van der Waals surface area contributed by atoms with E-state index < -0.39 is 5.82 Å². The van der Waals surface area contributed by atoms with E-state index in [1.807, 2.05) is 11.8 Å². The first-order valence-electron chi connectivity index (χ1n) is 9.89. The van der Waals surface area contributed by atoms with Crippen LogP contribution in [0.2, 0.25) is 5.02 Å². The fourth-order valence-corrected chi connectivity index (χ4v) is 5.80. The van der Waals surface area contributed by atoms with Crippen LogP contribution >= 0.6 is 23.4 Å². The molecule has 1 heterocycles. The molecule has 3 aliphatic carbocycles. The molecule has 3 atom stereocenters. The highest BCUT2D eigenvalue weighted by Crippen LogP contribution is 2.58. The number of amides is 2. The van der Waals surface area contributed by atoms with Gasteiger partial charge in [0.1, 0.15) is 11.6 Å². The summed E-state index contributed by atoms with van der Waals surface area (Å²) in [7, 11) is 0. The summed E-state index contributed by atoms with van der Waals surface area (Å²) in [5, 5.41) is 10.3. The first-order chi connectivity index (χ1) is 13.8. The maximum absolute atomic E-state index is 13.4. The lowest BCUT2D eigenvalue weighted by Gasteiger charge is -2.37. The minimum absolute atomic E-state index is 0.00734. The fraction of sp³-hybridized carbons (Fsp3) is 0.600. The molecular formula is C20H25ClFN3O3S. The van der Waals surface area contributed by atoms with Crippen LogP contribution in [0.15, 0.2) is 18.2 Å². The number of hydrogen-bond donors (Lipinski definition) is 3. The maximum atomic E-state index is 13.4. The highest BCUT2D eigenvalue weighted by Gasteiger charge is 2.60. The Balaban J connectivity index is 1.21. The second-order valence-corrected chi connectivity index (χ2v) is 10.3. The zero-order chi connectivity index (χ0) is 20.6. The average Bonchev–Trinajstić information content (AvgIpc) is 3.33. The van der Waals surface area contributed by atoms with Gasteiger partial charge in [0.25, 0.3) is 5.91 Å². The summed E-state index contributed by atoms with van der Waals surface area (Å²) in [5.41, 5.74) is -0.350. The molecule has 4 fully saturated rings. The molecule has 0 spiro atoms. The van der Waals surface area contributed by atoms with Crippen LogP contribution in [0.25, 0.3) is 0 Å². The van der Waals surface area contributed by atoms with E-state index in [0.717, 1.165) is 25.5 Å². The molecule has 0 radical (unpaired) electrons. The van der Waals surface area contributed by atoms with Crippen LogP contribution in [0.5, 0.6) is 5.75 Å². The summed E-state index contributed by atoms with van der Waals surface area (Å²) in [5.74, 6) is -0.179. The number of thioether (sulfide) groups is 1. The molecule has 5 rings (SSSR count). The Hall–Kier alpha value is -1.51. The van der Waals surface area contributed by atoms with Gasteiger partial charge < -0.3 is 20.7 Å². The molecule has 29 heavy (non-hydrogen) atoms. The molecule has 0 aromatic heterocycles. The number of ether oxygens (including phenoxy) is 1. The Labute approximate surface area is 178 Å². The van der Waals surface area contributed by atoms with Gasteiger partial charge in [0.05, 0.1) is 15.8 Å². The van der Waals surface area contributed by atoms with Crippen molar-refractivity contribution in [2.45, 2.75) is 42.9 Å². The van der Waals surface area contributed by atoms with Gasteiger partial charge in [-0.05, 0) is 37.3 Å². The van der Waals surface area contributed by atoms with E-state index in [0.29, 0.717) is 24.1 Å². The SMILES string of the molecule is CC1CNC(CNC(=O)C23CC(C2)[C@@H](NC(=O)COc2ccc(Cl)c(F)c2)C3)S1. The molecular weight excluding hydrogens is 417 g/mol. The minimum Gasteiger partial charge on any atom is -0.484 e. The van der Waals surface area contributed by atoms with E-state index in [9.17, 15) is 14.0 Å². The van der Waals surface area contributed by atoms with Crippen LogP contribution in [0.4, 0.5) is 4.39 Å². The van der Waals surface area contributed by atoms with Crippen LogP contribution in [0.1, 0.15) is 26.2 Å². The molecule has 1 aliphatic heterocycles. The third-order valence-corrected chi connectivity index (χ3v) is 7.65. The molecule has 1 aromatic rings. The van der Waals surface area contributed by atoms with Crippen LogP contribution in [-0.2, 0) is 9.59 Å². The Morgan fingerprint density at radius 3 is 2.86 bits per heavy atom. The molecule has 3 N–H and O–H groups in total. The predicted octanol–water partition coefficient (Wildman–Crippen LogP) is 2.31. The Bertz CT molecular complexity index is 805. The molecule has 1 aromatic carbocycles. The van der Waals surface area contributed by atoms with Crippen molar-refractivity contribution in [3.05, 3.63) is 29.0 Å². The second-order valence-electron chi connectivity index (χ2n) is 8.24. The van der Waals surface area contributed by atoms with Gasteiger partial charge >= 0.3 is 0 Å². The lowest BCUT2D eigenvalue weighted by atomic mass is 9.69. The van der Waals surface area contributed by atoms with Gasteiger partial charge in [0.2, 0.25) is 5.91 Å². The smallest absolute Gasteiger partial charge is 0.258 e. The van der Waals surface area contributed by atoms with Gasteiger partial charge in [-0.1, -0.05) is 18.5 Å². The minimum atomic E-state index is -0.588. The lowest BCUT2D eigenvalue weighted by Crippen LogP contribution is -2.47. The van der Waals surface area contributed by atoms with Crippen molar-refractivity contribution in [2.24, 2.45) is 11.3 Å². The summed E-state index contributed by atoms with van der Waals surface area (Å²) in [6.45, 7) is 3.57. The third-order valence-electron chi connectivity index (χ3n) is 6.05. The van der Waals surface area contributed by atoms with Gasteiger partial charge in [-0.15, -0.1) is 11.8 Å². The Morgan fingerprint density at radius 1 is 1.38 bits per heavy atom. The summed E-state index contributed by atoms with van der Waals surface area (Å²) >= 11 is 7.48. The summed E-state index contributed by atoms with van der Waals surface area (Å²) in [6.07, 6.45) is 2.29. The molecule has 1 saturated heterocycles. The van der Waals surface area contributed by atoms with Crippen LogP contribution < -0.4 is 20.7 Å². The van der Waals surface area contributed by atoms with Crippen LogP contribution in [-0.4, -0.2) is 48.2 Å². The van der Waals surface area contributed by atoms with E-state index in [4.69, 9.17) is 16.3 Å². The zero-order valence-electron chi connectivity index (χ0n) is 16.2. The average molecular weight is 442 g/mol. The van der Waals surface area contributed by atoms with Crippen LogP contribution in [0.3, 0.4) is 0 Å². The number of rotatable bonds is 7. The van der Waals surface area contributed by atoms with E-state index >= 15 is 0 Å². The van der Waals surface area contributed by atoms with E-state index in [-0.39, 0.29) is 46.0 Å². The largest absolute Gasteiger partial charge is 0.484 e. The topological polar surface area (TPSA) is 79.5 Å². The van der Waals surface area contributed by atoms with E-state index in [2.05, 4.69) is 22.9 Å². The second kappa shape index (κ2) is 8.32. The predicted molar refractivity (Wildman–Crippen MR) is 110 cm³/mol. The zero-order valence-corrected chi connectivity index (χ0v) is 17.7. The fourth-order valence-electron chi connectivity index (χ4n) is 4.56. The molecule has 9 heteroatoms. The standard InChI is InChI=1S/C20H25ClFN3O3S/c1-11-8-23-18(29-11)9-24-19(27)20-5-12(6-20)16(7-20)25-17(26)10-28-13-2-3-14(21)15(22)4-13/h2-4,11-12,16,18,23H,5-10H2,1H3,(H,24,27)(H,25,26)/t11?,12?,16-,18?,20?/m0/s1. The van der Waals surface area contributed by atoms with Crippen molar-refractivity contribution in [2.75, 3.05) is 19.7 Å². The molecule has 158 valence electrons. The Kier molecular flexibility index (Phi) is 5.95. The van der Waals surface area contributed by atoms with Crippen LogP contribution in [0, 0.1) is 17.2 Å². The van der Waals surface area contributed by atoms with Crippen molar-refractivity contribution in [1.82, 2.24) is 16.0 Å². The van der Waals surface area contributed by atoms with Gasteiger partial charge in [0, 0.05) is 30.4 Å². The number of benzene rings is 1. The number of carbonyl (C=O) groups is 2. The van der Waals surface area contributed by atoms with Gasteiger partial charge in [-0.3, -0.25) is 9.59 Å². The van der Waals surface area contributed by atoms with Crippen molar-refractivity contribution >= 4 is 35.2 Å². The Morgan fingerprint density at radius 2 is 2.17 bits per heavy atom. The highest BCUT2D eigenvalue weighted by atomic mass is 35.5. The van der Waals surface area contributed by atoms with Crippen molar-refractivity contribution in [1.29, 1.82) is 0 Å². The number of carbonyl (C=O) groups excluding carboxylic acids is 2. The first-order valence-corrected chi connectivity index (χ1v) is 11.2. The normalized spacial score (nSPS) is 32.5. The van der Waals surface area contributed by atoms with E-state index in [1.165, 1.54) is 12.1 Å². The molecule has 4 aliphatic rings. The quantitative estimate of drug-likeness (QED) is 0.605. The number of halogens is 2. The number of nitrogens with one attached hydrogen (secondary N) is 3. The molecule has 6 nitrogen and oxygen atoms in total. The molecule has 2 unspecified atom stereocenters. The monoisotopic (exact) mass is 441 g/mol. The van der Waals surface area contributed by atoms with Gasteiger partial charge in [-0.2, -0.15) is 0 Å². The van der Waals surface area contributed by atoms with Crippen molar-refractivity contribution < 1.29 is 18.7 Å². The number of hydrogen-bond acceptors (Lipinski definition) is 5. The lowest BCUT2D eigenvalue weighted by molar-refractivity contribution is -0.134. The summed E-state index contributed by atoms with van der Waals surface area (Å²) in [6, 6.07) is 4.04. The van der Waals surface area contributed by atoms with Crippen molar-refractivity contribution in [3.8, 4) is 5.75 Å². The maximum Gasteiger partial charge on any atom is 0.258 e. The molecule has 3 saturated carbocycles. The third kappa shape index (κ3) is 4.49. The highest BCUT2D eigenvalue weighted by molar-refractivity contribution is 8.00. The summed E-state index contributed by atoms with van der Waals surface area (Å²) in [4.78, 5) is 24.9. The molecule has 2 bridgehead atoms. The van der Waals surface area contributed by atoms with E-state index in [1.54, 1.807) is 0 Å². The molecule has 2 amide bonds. The van der Waals surface area contributed by atoms with Gasteiger partial charge in [0.15, 0.2) is 6.61 Å². The first kappa shape index (κ1) is 20.8. The van der Waals surface area contributed by atoms with Gasteiger partial charge in [-0.25, -0.2) is 4.39 Å². The number of fused-ring (bicyclic) bond motifs is 1. The van der Waals surface area contributed by atoms with Crippen molar-refractivity contribution in [3.63, 3.8) is 0 Å².